The smallest absolute Gasteiger partial charge is 0.264 e. The van der Waals surface area contributed by atoms with Gasteiger partial charge in [0.15, 0.2) is 0 Å². The van der Waals surface area contributed by atoms with Crippen LogP contribution in [0.5, 0.6) is 0 Å². The highest BCUT2D eigenvalue weighted by Crippen LogP contribution is 2.42. The standard InChI is InChI=1S/C11H16N2OS2/c1-4-5-6-15-10-8(7-12)9(14)13-11(2,3)16-10/h4-6H2,1-3H3,(H,13,14). The van der Waals surface area contributed by atoms with Crippen LogP contribution >= 0.6 is 23.5 Å². The molecule has 1 N–H and O–H groups in total. The molecule has 0 unspecified atom stereocenters. The second kappa shape index (κ2) is 5.65. The van der Waals surface area contributed by atoms with Gasteiger partial charge in [0.05, 0.1) is 9.11 Å². The average molecular weight is 256 g/mol. The van der Waals surface area contributed by atoms with Crippen molar-refractivity contribution in [2.24, 2.45) is 0 Å². The van der Waals surface area contributed by atoms with Crippen LogP contribution < -0.4 is 5.32 Å². The third-order valence-corrected chi connectivity index (χ3v) is 4.60. The van der Waals surface area contributed by atoms with Gasteiger partial charge in [0, 0.05) is 0 Å². The molecule has 1 aliphatic heterocycles. The predicted molar refractivity (Wildman–Crippen MR) is 69.8 cm³/mol. The molecule has 1 heterocycles. The number of nitrogens with one attached hydrogen (secondary N) is 1. The molecule has 0 spiro atoms. The van der Waals surface area contributed by atoms with Crippen LogP contribution in [0.3, 0.4) is 0 Å². The lowest BCUT2D eigenvalue weighted by atomic mass is 10.2. The molecule has 5 heteroatoms. The molecule has 88 valence electrons. The Morgan fingerprint density at radius 3 is 2.81 bits per heavy atom. The zero-order chi connectivity index (χ0) is 12.2. The number of nitrogens with zero attached hydrogens (tertiary/aromatic N) is 1. The van der Waals surface area contributed by atoms with Crippen molar-refractivity contribution in [1.82, 2.24) is 5.32 Å². The van der Waals surface area contributed by atoms with Gasteiger partial charge < -0.3 is 5.32 Å². The lowest BCUT2D eigenvalue weighted by Crippen LogP contribution is -2.44. The van der Waals surface area contributed by atoms with Crippen molar-refractivity contribution in [2.75, 3.05) is 5.75 Å². The fraction of sp³-hybridized carbons (Fsp3) is 0.636. The second-order valence-electron chi connectivity index (χ2n) is 4.04. The van der Waals surface area contributed by atoms with E-state index in [4.69, 9.17) is 5.26 Å². The molecule has 0 fully saturated rings. The first-order valence-corrected chi connectivity index (χ1v) is 7.09. The summed E-state index contributed by atoms with van der Waals surface area (Å²) in [7, 11) is 0. The Labute approximate surface area is 105 Å². The lowest BCUT2D eigenvalue weighted by Gasteiger charge is -2.31. The van der Waals surface area contributed by atoms with E-state index in [-0.39, 0.29) is 16.4 Å². The van der Waals surface area contributed by atoms with Crippen LogP contribution in [0.2, 0.25) is 0 Å². The van der Waals surface area contributed by atoms with E-state index in [9.17, 15) is 4.79 Å². The van der Waals surface area contributed by atoms with Gasteiger partial charge in [-0.1, -0.05) is 25.1 Å². The molecule has 0 saturated heterocycles. The third-order valence-electron chi connectivity index (χ3n) is 2.04. The van der Waals surface area contributed by atoms with Crippen LogP contribution in [-0.4, -0.2) is 16.5 Å². The number of rotatable bonds is 4. The van der Waals surface area contributed by atoms with Gasteiger partial charge >= 0.3 is 0 Å². The van der Waals surface area contributed by atoms with E-state index < -0.39 is 0 Å². The van der Waals surface area contributed by atoms with Crippen LogP contribution in [0.4, 0.5) is 0 Å². The average Bonchev–Trinajstić information content (AvgIpc) is 2.16. The first-order valence-electron chi connectivity index (χ1n) is 5.29. The predicted octanol–water partition coefficient (Wildman–Crippen LogP) is 2.85. The molecule has 0 aliphatic carbocycles. The van der Waals surface area contributed by atoms with E-state index in [0.29, 0.717) is 0 Å². The molecule has 3 nitrogen and oxygen atoms in total. The molecule has 1 aliphatic rings. The van der Waals surface area contributed by atoms with Gasteiger partial charge in [0.2, 0.25) is 0 Å². The van der Waals surface area contributed by atoms with Crippen LogP contribution in [-0.2, 0) is 4.79 Å². The minimum Gasteiger partial charge on any atom is -0.337 e. The Morgan fingerprint density at radius 1 is 1.56 bits per heavy atom. The van der Waals surface area contributed by atoms with Crippen LogP contribution in [0.1, 0.15) is 33.6 Å². The first kappa shape index (κ1) is 13.5. The molecule has 0 aromatic heterocycles. The number of nitriles is 1. The number of hydrogen-bond donors (Lipinski definition) is 1. The SMILES string of the molecule is CCCCSC1=C(C#N)C(=O)NC(C)(C)S1. The van der Waals surface area contributed by atoms with Gasteiger partial charge in [-0.2, -0.15) is 5.26 Å². The van der Waals surface area contributed by atoms with E-state index in [2.05, 4.69) is 12.2 Å². The fourth-order valence-electron chi connectivity index (χ4n) is 1.24. The number of carbonyl (C=O) groups is 1. The number of hydrogen-bond acceptors (Lipinski definition) is 4. The van der Waals surface area contributed by atoms with Crippen molar-refractivity contribution in [2.45, 2.75) is 38.5 Å². The quantitative estimate of drug-likeness (QED) is 0.786. The monoisotopic (exact) mass is 256 g/mol. The third kappa shape index (κ3) is 3.46. The zero-order valence-corrected chi connectivity index (χ0v) is 11.4. The van der Waals surface area contributed by atoms with Crippen molar-refractivity contribution in [3.05, 3.63) is 9.81 Å². The molecular formula is C11H16N2OS2. The van der Waals surface area contributed by atoms with Crippen LogP contribution in [0.15, 0.2) is 9.81 Å². The minimum absolute atomic E-state index is 0.245. The van der Waals surface area contributed by atoms with Crippen molar-refractivity contribution in [1.29, 1.82) is 5.26 Å². The van der Waals surface area contributed by atoms with E-state index in [1.807, 2.05) is 19.9 Å². The van der Waals surface area contributed by atoms with E-state index in [1.54, 1.807) is 23.5 Å². The molecule has 0 aromatic rings. The molecule has 0 saturated carbocycles. The molecule has 0 aromatic carbocycles. The summed E-state index contributed by atoms with van der Waals surface area (Å²) in [5, 5.41) is 11.8. The Kier molecular flexibility index (Phi) is 4.75. The highest BCUT2D eigenvalue weighted by Gasteiger charge is 2.32. The summed E-state index contributed by atoms with van der Waals surface area (Å²) in [5.74, 6) is 0.721. The van der Waals surface area contributed by atoms with Gasteiger partial charge in [-0.25, -0.2) is 0 Å². The topological polar surface area (TPSA) is 52.9 Å². The van der Waals surface area contributed by atoms with Crippen molar-refractivity contribution < 1.29 is 4.79 Å². The lowest BCUT2D eigenvalue weighted by molar-refractivity contribution is -0.117. The molecular weight excluding hydrogens is 240 g/mol. The maximum Gasteiger partial charge on any atom is 0.264 e. The summed E-state index contributed by atoms with van der Waals surface area (Å²) >= 11 is 3.18. The highest BCUT2D eigenvalue weighted by molar-refractivity contribution is 8.23. The zero-order valence-electron chi connectivity index (χ0n) is 9.79. The summed E-state index contributed by atoms with van der Waals surface area (Å²) < 4.78 is 0.865. The van der Waals surface area contributed by atoms with Crippen molar-refractivity contribution in [3.8, 4) is 6.07 Å². The summed E-state index contributed by atoms with van der Waals surface area (Å²) in [6.07, 6.45) is 2.23. The van der Waals surface area contributed by atoms with Crippen molar-refractivity contribution in [3.63, 3.8) is 0 Å². The normalized spacial score (nSPS) is 19.2. The Balaban J connectivity index is 2.82. The number of unbranched alkanes of at least 4 members (excludes halogenated alkanes) is 1. The molecule has 1 amide bonds. The van der Waals surface area contributed by atoms with Gasteiger partial charge in [0.1, 0.15) is 11.6 Å². The number of thioether (sulfide) groups is 2. The van der Waals surface area contributed by atoms with Gasteiger partial charge in [-0.05, 0) is 26.0 Å². The van der Waals surface area contributed by atoms with Crippen molar-refractivity contribution >= 4 is 29.4 Å². The maximum atomic E-state index is 11.7. The Bertz CT molecular complexity index is 355. The molecule has 1 rings (SSSR count). The summed E-state index contributed by atoms with van der Waals surface area (Å²) in [6, 6.07) is 1.99. The first-order chi connectivity index (χ1) is 7.50. The minimum atomic E-state index is -0.314. The van der Waals surface area contributed by atoms with E-state index in [0.717, 1.165) is 22.8 Å². The molecule has 0 radical (unpaired) electrons. The van der Waals surface area contributed by atoms with Crippen LogP contribution in [0.25, 0.3) is 0 Å². The number of carbonyl (C=O) groups excluding carboxylic acids is 1. The Morgan fingerprint density at radius 2 is 2.25 bits per heavy atom. The van der Waals surface area contributed by atoms with Gasteiger partial charge in [0.25, 0.3) is 5.91 Å². The van der Waals surface area contributed by atoms with Gasteiger partial charge in [-0.15, -0.1) is 11.8 Å². The molecule has 16 heavy (non-hydrogen) atoms. The fourth-order valence-corrected chi connectivity index (χ4v) is 4.10. The summed E-state index contributed by atoms with van der Waals surface area (Å²) in [6.45, 7) is 6.03. The van der Waals surface area contributed by atoms with Gasteiger partial charge in [-0.3, -0.25) is 4.79 Å². The van der Waals surface area contributed by atoms with E-state index in [1.165, 1.54) is 0 Å². The summed E-state index contributed by atoms with van der Waals surface area (Å²) in [5.41, 5.74) is 0.269. The van der Waals surface area contributed by atoms with E-state index >= 15 is 0 Å². The largest absolute Gasteiger partial charge is 0.337 e. The second-order valence-corrected chi connectivity index (χ2v) is 7.04. The highest BCUT2D eigenvalue weighted by atomic mass is 32.2. The molecule has 0 bridgehead atoms. The maximum absolute atomic E-state index is 11.7. The van der Waals surface area contributed by atoms with Crippen LogP contribution in [0, 0.1) is 11.3 Å². The summed E-state index contributed by atoms with van der Waals surface area (Å²) in [4.78, 5) is 11.4. The molecule has 0 atom stereocenters. The number of amides is 1. The Hall–Kier alpha value is -0.600.